The standard InChI is InChI=1S/C18H21BO3S/c1-10-15(16(11(2)23-10)17(19)18(20)21-3)13-6-7-14-12(9-13)5-4-8-22-14/h6-7,9,17H,4-5,8,19H2,1-3H3. The molecule has 1 aliphatic rings. The molecule has 0 fully saturated rings. The molecule has 0 spiro atoms. The fourth-order valence-electron chi connectivity index (χ4n) is 3.39. The van der Waals surface area contributed by atoms with Crippen LogP contribution in [0.25, 0.3) is 11.1 Å². The van der Waals surface area contributed by atoms with Crippen molar-refractivity contribution in [1.82, 2.24) is 0 Å². The Balaban J connectivity index is 2.11. The molecule has 120 valence electrons. The van der Waals surface area contributed by atoms with E-state index in [0.717, 1.165) is 30.8 Å². The van der Waals surface area contributed by atoms with Crippen molar-refractivity contribution in [2.45, 2.75) is 32.5 Å². The van der Waals surface area contributed by atoms with Crippen molar-refractivity contribution in [2.24, 2.45) is 0 Å². The average Bonchev–Trinajstić information content (AvgIpc) is 2.87. The Morgan fingerprint density at radius 3 is 2.87 bits per heavy atom. The fourth-order valence-corrected chi connectivity index (χ4v) is 4.57. The molecule has 1 aromatic carbocycles. The number of fused-ring (bicyclic) bond motifs is 1. The lowest BCUT2D eigenvalue weighted by Crippen LogP contribution is -2.15. The van der Waals surface area contributed by atoms with Gasteiger partial charge in [-0.1, -0.05) is 6.07 Å². The number of aryl methyl sites for hydroxylation is 3. The van der Waals surface area contributed by atoms with Crippen LogP contribution in [0.5, 0.6) is 5.75 Å². The van der Waals surface area contributed by atoms with Gasteiger partial charge >= 0.3 is 5.97 Å². The SMILES string of the molecule is BC(C(=O)OC)c1c(C)sc(C)c1-c1ccc2c(c1)CCCO2. The lowest BCUT2D eigenvalue weighted by Gasteiger charge is -2.19. The molecule has 0 N–H and O–H groups in total. The Bertz CT molecular complexity index is 751. The first-order valence-electron chi connectivity index (χ1n) is 7.96. The highest BCUT2D eigenvalue weighted by Gasteiger charge is 2.25. The molecule has 3 nitrogen and oxygen atoms in total. The Labute approximate surface area is 142 Å². The average molecular weight is 328 g/mol. The van der Waals surface area contributed by atoms with E-state index in [1.165, 1.54) is 33.6 Å². The summed E-state index contributed by atoms with van der Waals surface area (Å²) >= 11 is 1.75. The zero-order valence-electron chi connectivity index (χ0n) is 14.1. The van der Waals surface area contributed by atoms with Crippen molar-refractivity contribution in [1.29, 1.82) is 0 Å². The van der Waals surface area contributed by atoms with Crippen molar-refractivity contribution in [3.05, 3.63) is 39.1 Å². The normalized spacial score (nSPS) is 14.7. The van der Waals surface area contributed by atoms with E-state index in [0.29, 0.717) is 0 Å². The first-order valence-corrected chi connectivity index (χ1v) is 8.78. The van der Waals surface area contributed by atoms with Gasteiger partial charge in [0, 0.05) is 9.75 Å². The van der Waals surface area contributed by atoms with Crippen LogP contribution in [0.3, 0.4) is 0 Å². The molecule has 2 heterocycles. The predicted octanol–water partition coefficient (Wildman–Crippen LogP) is 3.20. The number of hydrogen-bond acceptors (Lipinski definition) is 4. The molecule has 1 atom stereocenters. The van der Waals surface area contributed by atoms with E-state index in [1.54, 1.807) is 11.3 Å². The summed E-state index contributed by atoms with van der Waals surface area (Å²) in [6.07, 6.45) is 2.11. The van der Waals surface area contributed by atoms with Crippen molar-refractivity contribution >= 4 is 25.2 Å². The van der Waals surface area contributed by atoms with Gasteiger partial charge in [0.2, 0.25) is 0 Å². The minimum atomic E-state index is -0.257. The number of thiophene rings is 1. The highest BCUT2D eigenvalue weighted by Crippen LogP contribution is 2.41. The van der Waals surface area contributed by atoms with Gasteiger partial charge in [-0.15, -0.1) is 11.3 Å². The van der Waals surface area contributed by atoms with Crippen LogP contribution in [0.1, 0.15) is 33.1 Å². The molecule has 0 radical (unpaired) electrons. The van der Waals surface area contributed by atoms with Gasteiger partial charge in [0.25, 0.3) is 0 Å². The summed E-state index contributed by atoms with van der Waals surface area (Å²) < 4.78 is 10.7. The molecular formula is C18H21BO3S. The first-order chi connectivity index (χ1) is 11.0. The number of hydrogen-bond donors (Lipinski definition) is 0. The Morgan fingerprint density at radius 2 is 2.13 bits per heavy atom. The van der Waals surface area contributed by atoms with Crippen molar-refractivity contribution in [2.75, 3.05) is 13.7 Å². The van der Waals surface area contributed by atoms with Crippen LogP contribution in [0.2, 0.25) is 0 Å². The molecule has 1 aliphatic heterocycles. The lowest BCUT2D eigenvalue weighted by molar-refractivity contribution is -0.140. The fraction of sp³-hybridized carbons (Fsp3) is 0.389. The monoisotopic (exact) mass is 328 g/mol. The summed E-state index contributed by atoms with van der Waals surface area (Å²) in [6, 6.07) is 6.38. The minimum Gasteiger partial charge on any atom is -0.493 e. The molecule has 1 unspecified atom stereocenters. The van der Waals surface area contributed by atoms with Crippen LogP contribution in [-0.2, 0) is 16.0 Å². The summed E-state index contributed by atoms with van der Waals surface area (Å²) in [6.45, 7) is 5.00. The maximum Gasteiger partial charge on any atom is 0.304 e. The summed E-state index contributed by atoms with van der Waals surface area (Å²) in [4.78, 5) is 14.5. The second-order valence-corrected chi connectivity index (χ2v) is 7.45. The number of methoxy groups -OCH3 is 1. The molecule has 3 rings (SSSR count). The number of carbonyl (C=O) groups is 1. The Morgan fingerprint density at radius 1 is 1.35 bits per heavy atom. The van der Waals surface area contributed by atoms with E-state index in [2.05, 4.69) is 32.0 Å². The molecule has 2 aromatic rings. The number of rotatable bonds is 3. The van der Waals surface area contributed by atoms with Crippen LogP contribution in [0.4, 0.5) is 0 Å². The summed E-state index contributed by atoms with van der Waals surface area (Å²) in [5.74, 6) is 0.549. The van der Waals surface area contributed by atoms with Crippen LogP contribution < -0.4 is 4.74 Å². The molecule has 5 heteroatoms. The van der Waals surface area contributed by atoms with Gasteiger partial charge in [-0.25, -0.2) is 0 Å². The van der Waals surface area contributed by atoms with Crippen molar-refractivity contribution in [3.63, 3.8) is 0 Å². The van der Waals surface area contributed by atoms with Crippen LogP contribution >= 0.6 is 11.3 Å². The molecule has 0 saturated heterocycles. The molecule has 0 aliphatic carbocycles. The third-order valence-electron chi connectivity index (χ3n) is 4.49. The lowest BCUT2D eigenvalue weighted by atomic mass is 9.77. The van der Waals surface area contributed by atoms with E-state index in [9.17, 15) is 4.79 Å². The van der Waals surface area contributed by atoms with Gasteiger partial charge in [-0.2, -0.15) is 0 Å². The zero-order chi connectivity index (χ0) is 16.6. The summed E-state index contributed by atoms with van der Waals surface area (Å²) in [5, 5.41) is 0. The Hall–Kier alpha value is -1.75. The topological polar surface area (TPSA) is 35.5 Å². The van der Waals surface area contributed by atoms with E-state index in [-0.39, 0.29) is 11.8 Å². The van der Waals surface area contributed by atoms with E-state index in [4.69, 9.17) is 9.47 Å². The smallest absolute Gasteiger partial charge is 0.304 e. The number of esters is 1. The van der Waals surface area contributed by atoms with Gasteiger partial charge in [0.05, 0.1) is 19.5 Å². The van der Waals surface area contributed by atoms with Crippen molar-refractivity contribution < 1.29 is 14.3 Å². The van der Waals surface area contributed by atoms with Gasteiger partial charge in [-0.05, 0) is 61.1 Å². The molecule has 23 heavy (non-hydrogen) atoms. The highest BCUT2D eigenvalue weighted by atomic mass is 32.1. The van der Waals surface area contributed by atoms with Gasteiger partial charge in [-0.3, -0.25) is 4.79 Å². The van der Waals surface area contributed by atoms with Crippen molar-refractivity contribution in [3.8, 4) is 16.9 Å². The van der Waals surface area contributed by atoms with Crippen LogP contribution in [-0.4, -0.2) is 27.5 Å². The maximum absolute atomic E-state index is 12.1. The van der Waals surface area contributed by atoms with Gasteiger partial charge in [0.15, 0.2) is 0 Å². The van der Waals surface area contributed by atoms with E-state index in [1.807, 2.05) is 7.85 Å². The largest absolute Gasteiger partial charge is 0.493 e. The summed E-state index contributed by atoms with van der Waals surface area (Å²) in [7, 11) is 3.37. The molecule has 0 amide bonds. The zero-order valence-corrected chi connectivity index (χ0v) is 14.9. The summed E-state index contributed by atoms with van der Waals surface area (Å²) in [5.41, 5.74) is 4.70. The molecular weight excluding hydrogens is 307 g/mol. The van der Waals surface area contributed by atoms with Gasteiger partial charge < -0.3 is 9.47 Å². The molecule has 0 bridgehead atoms. The number of ether oxygens (including phenoxy) is 2. The van der Waals surface area contributed by atoms with E-state index >= 15 is 0 Å². The second-order valence-electron chi connectivity index (χ2n) is 6.02. The third-order valence-corrected chi connectivity index (χ3v) is 5.53. The molecule has 0 saturated carbocycles. The molecule has 1 aromatic heterocycles. The van der Waals surface area contributed by atoms with Gasteiger partial charge in [0.1, 0.15) is 13.6 Å². The maximum atomic E-state index is 12.1. The van der Waals surface area contributed by atoms with Crippen LogP contribution in [0, 0.1) is 13.8 Å². The Kier molecular flexibility index (Phi) is 4.49. The quantitative estimate of drug-likeness (QED) is 0.641. The number of benzene rings is 1. The predicted molar refractivity (Wildman–Crippen MR) is 96.3 cm³/mol. The minimum absolute atomic E-state index is 0.187. The number of carbonyl (C=O) groups excluding carboxylic acids is 1. The van der Waals surface area contributed by atoms with Crippen LogP contribution in [0.15, 0.2) is 18.2 Å². The third kappa shape index (κ3) is 2.90. The highest BCUT2D eigenvalue weighted by molar-refractivity contribution is 7.12. The van der Waals surface area contributed by atoms with E-state index < -0.39 is 0 Å². The second kappa shape index (κ2) is 6.40. The first kappa shape index (κ1) is 16.1.